The first-order valence-electron chi connectivity index (χ1n) is 8.09. The van der Waals surface area contributed by atoms with Crippen molar-refractivity contribution >= 4 is 34.5 Å². The number of carbonyl (C=O) groups is 2. The maximum atomic E-state index is 12.6. The fourth-order valence-corrected chi connectivity index (χ4v) is 3.73. The molecule has 4 N–H and O–H groups in total. The van der Waals surface area contributed by atoms with Gasteiger partial charge in [0.1, 0.15) is 0 Å². The molecular formula is C18H21N3O2S. The van der Waals surface area contributed by atoms with Gasteiger partial charge in [-0.3, -0.25) is 9.59 Å². The SMILES string of the molecule is NCC1(C(=O)Nc2cccc(NC(=O)c3cccs3)c2)CCCC1. The molecule has 1 fully saturated rings. The molecule has 0 radical (unpaired) electrons. The lowest BCUT2D eigenvalue weighted by Gasteiger charge is -2.25. The minimum absolute atomic E-state index is 0.0239. The van der Waals surface area contributed by atoms with E-state index in [0.29, 0.717) is 22.8 Å². The van der Waals surface area contributed by atoms with Crippen LogP contribution in [0.15, 0.2) is 41.8 Å². The number of hydrogen-bond donors (Lipinski definition) is 3. The van der Waals surface area contributed by atoms with E-state index >= 15 is 0 Å². The third kappa shape index (κ3) is 3.49. The molecule has 0 atom stereocenters. The molecule has 0 bridgehead atoms. The van der Waals surface area contributed by atoms with Crippen LogP contribution in [0.25, 0.3) is 0 Å². The van der Waals surface area contributed by atoms with E-state index in [1.54, 1.807) is 18.2 Å². The molecule has 0 aliphatic heterocycles. The first-order chi connectivity index (χ1) is 11.6. The summed E-state index contributed by atoms with van der Waals surface area (Å²) < 4.78 is 0. The van der Waals surface area contributed by atoms with Gasteiger partial charge in [0, 0.05) is 17.9 Å². The molecule has 0 spiro atoms. The fourth-order valence-electron chi connectivity index (χ4n) is 3.11. The summed E-state index contributed by atoms with van der Waals surface area (Å²) in [5, 5.41) is 7.66. The van der Waals surface area contributed by atoms with Crippen molar-refractivity contribution in [3.8, 4) is 0 Å². The topological polar surface area (TPSA) is 84.2 Å². The molecule has 6 heteroatoms. The molecule has 2 amide bonds. The number of thiophene rings is 1. The highest BCUT2D eigenvalue weighted by molar-refractivity contribution is 7.12. The number of nitrogens with two attached hydrogens (primary N) is 1. The van der Waals surface area contributed by atoms with Gasteiger partial charge in [-0.15, -0.1) is 11.3 Å². The zero-order chi connectivity index (χ0) is 17.0. The molecule has 3 rings (SSSR count). The summed E-state index contributed by atoms with van der Waals surface area (Å²) in [7, 11) is 0. The van der Waals surface area contributed by atoms with E-state index < -0.39 is 5.41 Å². The summed E-state index contributed by atoms with van der Waals surface area (Å²) in [5.74, 6) is -0.174. The largest absolute Gasteiger partial charge is 0.329 e. The highest BCUT2D eigenvalue weighted by Gasteiger charge is 2.39. The van der Waals surface area contributed by atoms with Crippen LogP contribution in [0, 0.1) is 5.41 Å². The van der Waals surface area contributed by atoms with E-state index in [1.807, 2.05) is 23.6 Å². The molecular weight excluding hydrogens is 322 g/mol. The summed E-state index contributed by atoms with van der Waals surface area (Å²) in [6.07, 6.45) is 3.76. The van der Waals surface area contributed by atoms with Gasteiger partial charge >= 0.3 is 0 Å². The molecule has 1 aliphatic carbocycles. The Balaban J connectivity index is 1.69. The van der Waals surface area contributed by atoms with E-state index in [9.17, 15) is 9.59 Å². The van der Waals surface area contributed by atoms with Crippen molar-refractivity contribution in [3.63, 3.8) is 0 Å². The monoisotopic (exact) mass is 343 g/mol. The van der Waals surface area contributed by atoms with Crippen LogP contribution < -0.4 is 16.4 Å². The Morgan fingerprint density at radius 2 is 1.79 bits per heavy atom. The Hall–Kier alpha value is -2.18. The normalized spacial score (nSPS) is 15.9. The Morgan fingerprint density at radius 3 is 2.42 bits per heavy atom. The average Bonchev–Trinajstić information content (AvgIpc) is 3.27. The highest BCUT2D eigenvalue weighted by atomic mass is 32.1. The van der Waals surface area contributed by atoms with Gasteiger partial charge in [0.05, 0.1) is 10.3 Å². The Kier molecular flexibility index (Phi) is 4.97. The highest BCUT2D eigenvalue weighted by Crippen LogP contribution is 2.38. The molecule has 1 aromatic carbocycles. The van der Waals surface area contributed by atoms with Crippen LogP contribution in [0.1, 0.15) is 35.4 Å². The van der Waals surface area contributed by atoms with Crippen molar-refractivity contribution in [1.82, 2.24) is 0 Å². The van der Waals surface area contributed by atoms with Crippen LogP contribution in [0.4, 0.5) is 11.4 Å². The lowest BCUT2D eigenvalue weighted by atomic mass is 9.85. The number of benzene rings is 1. The summed E-state index contributed by atoms with van der Waals surface area (Å²) in [5.41, 5.74) is 6.73. The Bertz CT molecular complexity index is 722. The smallest absolute Gasteiger partial charge is 0.265 e. The van der Waals surface area contributed by atoms with Crippen molar-refractivity contribution in [2.45, 2.75) is 25.7 Å². The first kappa shape index (κ1) is 16.7. The predicted molar refractivity (Wildman–Crippen MR) is 97.3 cm³/mol. The maximum absolute atomic E-state index is 12.6. The summed E-state index contributed by atoms with van der Waals surface area (Å²) in [6.45, 7) is 0.369. The third-order valence-corrected chi connectivity index (χ3v) is 5.42. The van der Waals surface area contributed by atoms with Crippen LogP contribution in [0.5, 0.6) is 0 Å². The zero-order valence-corrected chi connectivity index (χ0v) is 14.2. The van der Waals surface area contributed by atoms with Gasteiger partial charge < -0.3 is 16.4 Å². The molecule has 1 saturated carbocycles. The van der Waals surface area contributed by atoms with Crippen LogP contribution in [0.2, 0.25) is 0 Å². The van der Waals surface area contributed by atoms with Gasteiger partial charge in [0.15, 0.2) is 0 Å². The lowest BCUT2D eigenvalue weighted by molar-refractivity contribution is -0.124. The van der Waals surface area contributed by atoms with Gasteiger partial charge in [-0.2, -0.15) is 0 Å². The van der Waals surface area contributed by atoms with Gasteiger partial charge in [-0.1, -0.05) is 25.0 Å². The molecule has 1 heterocycles. The maximum Gasteiger partial charge on any atom is 0.265 e. The van der Waals surface area contributed by atoms with Crippen molar-refractivity contribution in [2.75, 3.05) is 17.2 Å². The molecule has 1 aromatic heterocycles. The zero-order valence-electron chi connectivity index (χ0n) is 13.4. The lowest BCUT2D eigenvalue weighted by Crippen LogP contribution is -2.40. The fraction of sp³-hybridized carbons (Fsp3) is 0.333. The first-order valence-corrected chi connectivity index (χ1v) is 8.97. The van der Waals surface area contributed by atoms with Crippen LogP contribution in [0.3, 0.4) is 0 Å². The quantitative estimate of drug-likeness (QED) is 0.777. The second kappa shape index (κ2) is 7.15. The van der Waals surface area contributed by atoms with E-state index in [1.165, 1.54) is 11.3 Å². The number of carbonyl (C=O) groups excluding carboxylic acids is 2. The molecule has 126 valence electrons. The predicted octanol–water partition coefficient (Wildman–Crippen LogP) is 3.46. The van der Waals surface area contributed by atoms with E-state index in [2.05, 4.69) is 10.6 Å². The second-order valence-corrected chi connectivity index (χ2v) is 7.11. The van der Waals surface area contributed by atoms with Crippen LogP contribution in [-0.4, -0.2) is 18.4 Å². The average molecular weight is 343 g/mol. The van der Waals surface area contributed by atoms with E-state index in [4.69, 9.17) is 5.73 Å². The van der Waals surface area contributed by atoms with Crippen molar-refractivity contribution in [2.24, 2.45) is 11.1 Å². The number of nitrogens with one attached hydrogen (secondary N) is 2. The van der Waals surface area contributed by atoms with Crippen LogP contribution in [-0.2, 0) is 4.79 Å². The van der Waals surface area contributed by atoms with E-state index in [-0.39, 0.29) is 11.8 Å². The van der Waals surface area contributed by atoms with Gasteiger partial charge in [-0.05, 0) is 42.5 Å². The Labute approximate surface area is 145 Å². The van der Waals surface area contributed by atoms with Crippen molar-refractivity contribution in [1.29, 1.82) is 0 Å². The minimum Gasteiger partial charge on any atom is -0.329 e. The minimum atomic E-state index is -0.448. The third-order valence-electron chi connectivity index (χ3n) is 4.56. The van der Waals surface area contributed by atoms with Crippen molar-refractivity contribution < 1.29 is 9.59 Å². The molecule has 5 nitrogen and oxygen atoms in total. The number of rotatable bonds is 5. The molecule has 1 aliphatic rings. The second-order valence-electron chi connectivity index (χ2n) is 6.16. The van der Waals surface area contributed by atoms with Crippen LogP contribution >= 0.6 is 11.3 Å². The summed E-state index contributed by atoms with van der Waals surface area (Å²) >= 11 is 1.39. The number of anilines is 2. The van der Waals surface area contributed by atoms with E-state index in [0.717, 1.165) is 25.7 Å². The number of hydrogen-bond acceptors (Lipinski definition) is 4. The van der Waals surface area contributed by atoms with Gasteiger partial charge in [0.2, 0.25) is 5.91 Å². The van der Waals surface area contributed by atoms with Gasteiger partial charge in [0.25, 0.3) is 5.91 Å². The molecule has 0 unspecified atom stereocenters. The molecule has 24 heavy (non-hydrogen) atoms. The molecule has 0 saturated heterocycles. The number of amides is 2. The standard InChI is InChI=1S/C18H21N3O2S/c19-12-18(8-1-2-9-18)17(23)21-14-6-3-5-13(11-14)20-16(22)15-7-4-10-24-15/h3-7,10-11H,1-2,8-9,12,19H2,(H,20,22)(H,21,23). The summed E-state index contributed by atoms with van der Waals surface area (Å²) in [6, 6.07) is 10.8. The molecule has 2 aromatic rings. The van der Waals surface area contributed by atoms with Gasteiger partial charge in [-0.25, -0.2) is 0 Å². The summed E-state index contributed by atoms with van der Waals surface area (Å²) in [4.78, 5) is 25.4. The Morgan fingerprint density at radius 1 is 1.08 bits per heavy atom. The van der Waals surface area contributed by atoms with Crippen molar-refractivity contribution in [3.05, 3.63) is 46.7 Å².